The number of aromatic nitrogens is 2. The summed E-state index contributed by atoms with van der Waals surface area (Å²) in [5.41, 5.74) is 4.68. The lowest BCUT2D eigenvalue weighted by Gasteiger charge is -2.11. The van der Waals surface area contributed by atoms with Crippen molar-refractivity contribution in [3.05, 3.63) is 59.7 Å². The lowest BCUT2D eigenvalue weighted by Crippen LogP contribution is -3.00. The molecule has 1 heterocycles. The highest BCUT2D eigenvalue weighted by Gasteiger charge is 2.18. The van der Waals surface area contributed by atoms with Crippen LogP contribution in [-0.2, 0) is 13.6 Å². The van der Waals surface area contributed by atoms with Crippen LogP contribution >= 0.6 is 0 Å². The summed E-state index contributed by atoms with van der Waals surface area (Å²) in [6.45, 7) is 4.76. The van der Waals surface area contributed by atoms with Gasteiger partial charge < -0.3 is 33.8 Å². The molecule has 0 bridgehead atoms. The van der Waals surface area contributed by atoms with Gasteiger partial charge in [-0.15, -0.1) is 0 Å². The summed E-state index contributed by atoms with van der Waals surface area (Å²) < 4.78 is 22.5. The molecule has 134 valence electrons. The molecule has 0 saturated heterocycles. The second-order valence-electron chi connectivity index (χ2n) is 6.22. The molecule has 0 aliphatic carbocycles. The van der Waals surface area contributed by atoms with E-state index in [1.807, 2.05) is 17.9 Å². The van der Waals surface area contributed by atoms with Crippen molar-refractivity contribution in [3.63, 3.8) is 0 Å². The van der Waals surface area contributed by atoms with Gasteiger partial charge in [0.25, 0.3) is 0 Å². The van der Waals surface area contributed by atoms with Crippen LogP contribution in [0.15, 0.2) is 42.7 Å². The van der Waals surface area contributed by atoms with Gasteiger partial charge in [0.15, 0.2) is 11.0 Å². The highest BCUT2D eigenvalue weighted by Crippen LogP contribution is 2.18. The average molecular weight is 456 g/mol. The maximum Gasteiger partial charge on any atom is 0.244 e. The predicted molar refractivity (Wildman–Crippen MR) is 90.5 cm³/mol. The Labute approximate surface area is 163 Å². The Balaban J connectivity index is 0.00000225. The van der Waals surface area contributed by atoms with Gasteiger partial charge in [-0.05, 0) is 61.4 Å². The summed E-state index contributed by atoms with van der Waals surface area (Å²) in [7, 11) is 2.00. The van der Waals surface area contributed by atoms with Crippen molar-refractivity contribution < 1.29 is 42.8 Å². The first-order valence-electron chi connectivity index (χ1n) is 7.96. The van der Waals surface area contributed by atoms with Gasteiger partial charge in [-0.3, -0.25) is 0 Å². The Kier molecular flexibility index (Phi) is 6.40. The van der Waals surface area contributed by atoms with E-state index in [0.717, 1.165) is 11.0 Å². The third-order valence-corrected chi connectivity index (χ3v) is 4.26. The molecule has 0 aliphatic rings. The fourth-order valence-electron chi connectivity index (χ4n) is 2.78. The van der Waals surface area contributed by atoms with Gasteiger partial charge in [-0.1, -0.05) is 0 Å². The number of halogens is 2. The molecule has 0 spiro atoms. The van der Waals surface area contributed by atoms with E-state index in [1.54, 1.807) is 12.1 Å². The van der Waals surface area contributed by atoms with E-state index in [2.05, 4.69) is 30.5 Å². The maximum absolute atomic E-state index is 12.9. The van der Waals surface area contributed by atoms with Gasteiger partial charge in [0, 0.05) is 0 Å². The van der Waals surface area contributed by atoms with Crippen LogP contribution < -0.4 is 33.3 Å². The molecule has 1 aromatic heterocycles. The average Bonchev–Trinajstić information content (AvgIpc) is 2.83. The quantitative estimate of drug-likeness (QED) is 0.422. The fraction of sp³-hybridized carbons (Fsp3) is 0.316. The summed E-state index contributed by atoms with van der Waals surface area (Å²) in [4.78, 5) is 0. The van der Waals surface area contributed by atoms with Gasteiger partial charge in [-0.2, -0.15) is 0 Å². The number of imidazole rings is 1. The summed E-state index contributed by atoms with van der Waals surface area (Å²) in [5.74, 6) is 0.240. The molecule has 3 rings (SSSR count). The second kappa shape index (κ2) is 8.14. The normalized spacial score (nSPS) is 12.0. The Morgan fingerprint density at radius 1 is 1.16 bits per heavy atom. The second-order valence-corrected chi connectivity index (χ2v) is 6.22. The van der Waals surface area contributed by atoms with Crippen molar-refractivity contribution in [1.82, 2.24) is 4.57 Å². The van der Waals surface area contributed by atoms with Gasteiger partial charge in [0.2, 0.25) is 6.33 Å². The SMILES string of the molecule is Cc1cc2c(cc1C)[n+](C)cn2CC(O)COc1ccc(F)cc1.[I-]. The Morgan fingerprint density at radius 2 is 1.80 bits per heavy atom. The third kappa shape index (κ3) is 4.49. The summed E-state index contributed by atoms with van der Waals surface area (Å²) >= 11 is 0. The largest absolute Gasteiger partial charge is 1.00 e. The molecule has 3 aromatic rings. The monoisotopic (exact) mass is 456 g/mol. The van der Waals surface area contributed by atoms with E-state index in [1.165, 1.54) is 23.3 Å². The van der Waals surface area contributed by atoms with Gasteiger partial charge in [-0.25, -0.2) is 13.5 Å². The fourth-order valence-corrected chi connectivity index (χ4v) is 2.78. The number of nitrogens with zero attached hydrogens (tertiary/aromatic N) is 2. The lowest BCUT2D eigenvalue weighted by atomic mass is 10.1. The zero-order chi connectivity index (χ0) is 17.3. The zero-order valence-electron chi connectivity index (χ0n) is 14.5. The molecule has 1 unspecified atom stereocenters. The van der Waals surface area contributed by atoms with Crippen molar-refractivity contribution in [3.8, 4) is 5.75 Å². The summed E-state index contributed by atoms with van der Waals surface area (Å²) in [6, 6.07) is 10.1. The van der Waals surface area contributed by atoms with Gasteiger partial charge >= 0.3 is 0 Å². The first-order chi connectivity index (χ1) is 11.4. The lowest BCUT2D eigenvalue weighted by molar-refractivity contribution is -0.645. The molecular formula is C19H22FIN2O2. The van der Waals surface area contributed by atoms with Crippen molar-refractivity contribution in [2.75, 3.05) is 6.61 Å². The van der Waals surface area contributed by atoms with E-state index < -0.39 is 6.10 Å². The van der Waals surface area contributed by atoms with Crippen LogP contribution in [0.2, 0.25) is 0 Å². The van der Waals surface area contributed by atoms with Crippen molar-refractivity contribution >= 4 is 11.0 Å². The minimum absolute atomic E-state index is 0. The molecule has 2 aromatic carbocycles. The molecule has 0 fully saturated rings. The third-order valence-electron chi connectivity index (χ3n) is 4.26. The Morgan fingerprint density at radius 3 is 2.48 bits per heavy atom. The van der Waals surface area contributed by atoms with Gasteiger partial charge in [0.05, 0.1) is 7.05 Å². The molecule has 4 nitrogen and oxygen atoms in total. The maximum atomic E-state index is 12.9. The van der Waals surface area contributed by atoms with Crippen LogP contribution in [0.3, 0.4) is 0 Å². The first-order valence-corrected chi connectivity index (χ1v) is 7.96. The number of hydrogen-bond acceptors (Lipinski definition) is 2. The molecule has 1 atom stereocenters. The molecule has 0 amide bonds. The first kappa shape index (κ1) is 19.7. The standard InChI is InChI=1S/C19H22FN2O2.HI/c1-13-8-18-19(9-14(13)2)22(12-21(18)3)10-16(23)11-24-17-6-4-15(20)5-7-17;/h4-9,12,16,23H,10-11H2,1-3H3;1H/q+1;/p-1. The number of rotatable bonds is 5. The topological polar surface area (TPSA) is 38.3 Å². The van der Waals surface area contributed by atoms with Crippen LogP contribution in [0.1, 0.15) is 11.1 Å². The van der Waals surface area contributed by atoms with Crippen LogP contribution in [0.25, 0.3) is 11.0 Å². The summed E-state index contributed by atoms with van der Waals surface area (Å²) in [6.07, 6.45) is 1.32. The van der Waals surface area contributed by atoms with E-state index in [9.17, 15) is 9.50 Å². The number of hydrogen-bond donors (Lipinski definition) is 1. The van der Waals surface area contributed by atoms with E-state index in [4.69, 9.17) is 4.74 Å². The molecule has 0 aliphatic heterocycles. The molecule has 0 saturated carbocycles. The van der Waals surface area contributed by atoms with Gasteiger partial charge in [0.1, 0.15) is 30.8 Å². The molecule has 25 heavy (non-hydrogen) atoms. The minimum atomic E-state index is -0.660. The Bertz CT molecular complexity index is 862. The van der Waals surface area contributed by atoms with E-state index in [-0.39, 0.29) is 36.4 Å². The van der Waals surface area contributed by atoms with E-state index >= 15 is 0 Å². The highest BCUT2D eigenvalue weighted by molar-refractivity contribution is 5.74. The highest BCUT2D eigenvalue weighted by atomic mass is 127. The van der Waals surface area contributed by atoms with E-state index in [0.29, 0.717) is 12.3 Å². The Hall–Kier alpha value is -1.67. The smallest absolute Gasteiger partial charge is 0.244 e. The minimum Gasteiger partial charge on any atom is -1.00 e. The van der Waals surface area contributed by atoms with Crippen molar-refractivity contribution in [1.29, 1.82) is 0 Å². The number of aliphatic hydroxyl groups excluding tert-OH is 1. The van der Waals surface area contributed by atoms with Crippen molar-refractivity contribution in [2.45, 2.75) is 26.5 Å². The molecule has 6 heteroatoms. The molecule has 1 N–H and O–H groups in total. The zero-order valence-corrected chi connectivity index (χ0v) is 16.7. The number of fused-ring (bicyclic) bond motifs is 1. The summed E-state index contributed by atoms with van der Waals surface area (Å²) in [5, 5.41) is 10.3. The van der Waals surface area contributed by atoms with Crippen LogP contribution in [0, 0.1) is 19.7 Å². The number of benzene rings is 2. The number of aliphatic hydroxyl groups is 1. The van der Waals surface area contributed by atoms with Crippen LogP contribution in [0.4, 0.5) is 4.39 Å². The predicted octanol–water partition coefficient (Wildman–Crippen LogP) is -0.334. The van der Waals surface area contributed by atoms with Crippen LogP contribution in [0.5, 0.6) is 5.75 Å². The molecule has 0 radical (unpaired) electrons. The number of ether oxygens (including phenoxy) is 1. The van der Waals surface area contributed by atoms with Crippen molar-refractivity contribution in [2.24, 2.45) is 7.05 Å². The van der Waals surface area contributed by atoms with Crippen LogP contribution in [-0.4, -0.2) is 22.4 Å². The molecular weight excluding hydrogens is 434 g/mol. The number of aryl methyl sites for hydroxylation is 3.